The Morgan fingerprint density at radius 3 is 2.47 bits per heavy atom. The van der Waals surface area contributed by atoms with Gasteiger partial charge in [-0.1, -0.05) is 37.0 Å². The highest BCUT2D eigenvalue weighted by Gasteiger charge is 2.24. The van der Waals surface area contributed by atoms with Gasteiger partial charge < -0.3 is 15.8 Å². The van der Waals surface area contributed by atoms with E-state index in [4.69, 9.17) is 33.7 Å². The van der Waals surface area contributed by atoms with Crippen LogP contribution in [0.2, 0.25) is 10.0 Å². The molecule has 0 aliphatic heterocycles. The lowest BCUT2D eigenvalue weighted by molar-refractivity contribution is -0.124. The molecule has 0 heterocycles. The van der Waals surface area contributed by atoms with Gasteiger partial charge in [0.05, 0.1) is 20.7 Å². The molecule has 0 saturated carbocycles. The average Bonchev–Trinajstić information content (AvgIpc) is 2.72. The Hall–Kier alpha value is -2.62. The predicted octanol–water partition coefficient (Wildman–Crippen LogP) is 3.52. The molecule has 3 amide bonds. The predicted molar refractivity (Wildman–Crippen MR) is 127 cm³/mol. The van der Waals surface area contributed by atoms with Gasteiger partial charge in [0.1, 0.15) is 11.8 Å². The van der Waals surface area contributed by atoms with Crippen molar-refractivity contribution < 1.29 is 19.1 Å². The summed E-state index contributed by atoms with van der Waals surface area (Å²) < 4.78 is 5.84. The van der Waals surface area contributed by atoms with Gasteiger partial charge in [0.15, 0.2) is 6.61 Å². The van der Waals surface area contributed by atoms with Crippen molar-refractivity contribution in [1.29, 1.82) is 0 Å². The first-order valence-electron chi connectivity index (χ1n) is 9.38. The standard InChI is InChI=1S/C21H21BrCl2N4O4/c1-11(2)19(27-20(30)13-4-5-15(23)16(24)8-13)21(31)28-26-9-12-3-6-17(14(22)7-12)32-10-18(25)29/h3-9,11,19H,10H2,1-2H3,(H2,25,29)(H,27,30)(H,28,31). The lowest BCUT2D eigenvalue weighted by Gasteiger charge is -2.20. The minimum Gasteiger partial charge on any atom is -0.483 e. The van der Waals surface area contributed by atoms with Crippen molar-refractivity contribution in [2.45, 2.75) is 19.9 Å². The van der Waals surface area contributed by atoms with Crippen molar-refractivity contribution in [2.75, 3.05) is 6.61 Å². The van der Waals surface area contributed by atoms with Crippen LogP contribution in [0, 0.1) is 5.92 Å². The summed E-state index contributed by atoms with van der Waals surface area (Å²) in [7, 11) is 0. The molecule has 32 heavy (non-hydrogen) atoms. The zero-order valence-electron chi connectivity index (χ0n) is 17.2. The van der Waals surface area contributed by atoms with Crippen molar-refractivity contribution in [3.05, 3.63) is 62.0 Å². The lowest BCUT2D eigenvalue weighted by Crippen LogP contribution is -2.48. The normalized spacial score (nSPS) is 11.9. The highest BCUT2D eigenvalue weighted by molar-refractivity contribution is 9.10. The number of ether oxygens (including phenoxy) is 1. The van der Waals surface area contributed by atoms with Crippen LogP contribution in [0.1, 0.15) is 29.8 Å². The molecule has 2 rings (SSSR count). The van der Waals surface area contributed by atoms with E-state index in [2.05, 4.69) is 31.8 Å². The summed E-state index contributed by atoms with van der Waals surface area (Å²) in [6, 6.07) is 8.64. The Labute approximate surface area is 203 Å². The number of hydrogen-bond donors (Lipinski definition) is 3. The van der Waals surface area contributed by atoms with Crippen molar-refractivity contribution in [1.82, 2.24) is 10.7 Å². The molecule has 0 radical (unpaired) electrons. The minimum atomic E-state index is -0.828. The summed E-state index contributed by atoms with van der Waals surface area (Å²) in [6.45, 7) is 3.35. The Morgan fingerprint density at radius 1 is 1.16 bits per heavy atom. The van der Waals surface area contributed by atoms with Gasteiger partial charge in [-0.25, -0.2) is 5.43 Å². The summed E-state index contributed by atoms with van der Waals surface area (Å²) in [4.78, 5) is 35.9. The van der Waals surface area contributed by atoms with Gasteiger partial charge in [-0.3, -0.25) is 14.4 Å². The molecule has 8 nitrogen and oxygen atoms in total. The van der Waals surface area contributed by atoms with Gasteiger partial charge in [-0.15, -0.1) is 0 Å². The first-order valence-corrected chi connectivity index (χ1v) is 10.9. The highest BCUT2D eigenvalue weighted by Crippen LogP contribution is 2.25. The first-order chi connectivity index (χ1) is 15.1. The number of primary amides is 1. The quantitative estimate of drug-likeness (QED) is 0.330. The minimum absolute atomic E-state index is 0.201. The van der Waals surface area contributed by atoms with Crippen molar-refractivity contribution >= 4 is 63.1 Å². The average molecular weight is 544 g/mol. The number of carbonyl (C=O) groups excluding carboxylic acids is 3. The maximum Gasteiger partial charge on any atom is 0.262 e. The van der Waals surface area contributed by atoms with E-state index < -0.39 is 23.8 Å². The summed E-state index contributed by atoms with van der Waals surface area (Å²) in [5, 5.41) is 7.20. The molecule has 0 aliphatic carbocycles. The molecule has 2 aromatic carbocycles. The molecule has 0 saturated heterocycles. The molecule has 0 spiro atoms. The lowest BCUT2D eigenvalue weighted by atomic mass is 10.0. The molecule has 1 atom stereocenters. The number of benzene rings is 2. The van der Waals surface area contributed by atoms with Crippen LogP contribution in [0.25, 0.3) is 0 Å². The molecule has 11 heteroatoms. The number of amides is 3. The van der Waals surface area contributed by atoms with E-state index in [0.717, 1.165) is 0 Å². The Kier molecular flexibility index (Phi) is 9.49. The number of hydrazone groups is 1. The number of rotatable bonds is 9. The third kappa shape index (κ3) is 7.51. The van der Waals surface area contributed by atoms with Gasteiger partial charge >= 0.3 is 0 Å². The maximum absolute atomic E-state index is 12.6. The Morgan fingerprint density at radius 2 is 1.88 bits per heavy atom. The first kappa shape index (κ1) is 25.6. The van der Waals surface area contributed by atoms with E-state index in [0.29, 0.717) is 20.8 Å². The van der Waals surface area contributed by atoms with Crippen LogP contribution in [0.3, 0.4) is 0 Å². The fraction of sp³-hybridized carbons (Fsp3) is 0.238. The second-order valence-corrected chi connectivity index (χ2v) is 8.67. The third-order valence-corrected chi connectivity index (χ3v) is 5.49. The summed E-state index contributed by atoms with van der Waals surface area (Å²) in [5.41, 5.74) is 8.42. The molecule has 0 bridgehead atoms. The fourth-order valence-electron chi connectivity index (χ4n) is 2.50. The van der Waals surface area contributed by atoms with Gasteiger partial charge in [0.2, 0.25) is 0 Å². The number of carbonyl (C=O) groups is 3. The Balaban J connectivity index is 2.01. The molecular weight excluding hydrogens is 523 g/mol. The summed E-state index contributed by atoms with van der Waals surface area (Å²) in [6.07, 6.45) is 1.43. The van der Waals surface area contributed by atoms with Gasteiger partial charge in [0, 0.05) is 5.56 Å². The van der Waals surface area contributed by atoms with Crippen molar-refractivity contribution in [3.63, 3.8) is 0 Å². The molecule has 2 aromatic rings. The Bertz CT molecular complexity index is 1050. The number of nitrogens with two attached hydrogens (primary N) is 1. The third-order valence-electron chi connectivity index (χ3n) is 4.13. The summed E-state index contributed by atoms with van der Waals surface area (Å²) in [5.74, 6) is -1.29. The van der Waals surface area contributed by atoms with E-state index in [-0.39, 0.29) is 23.1 Å². The largest absolute Gasteiger partial charge is 0.483 e. The number of nitrogens with one attached hydrogen (secondary N) is 2. The van der Waals surface area contributed by atoms with E-state index in [1.807, 2.05) is 0 Å². The van der Waals surface area contributed by atoms with E-state index in [9.17, 15) is 14.4 Å². The zero-order valence-corrected chi connectivity index (χ0v) is 20.3. The molecule has 170 valence electrons. The second-order valence-electron chi connectivity index (χ2n) is 7.00. The number of nitrogens with zero attached hydrogens (tertiary/aromatic N) is 1. The maximum atomic E-state index is 12.6. The molecular formula is C21H21BrCl2N4O4. The summed E-state index contributed by atoms with van der Waals surface area (Å²) >= 11 is 15.2. The molecule has 0 aromatic heterocycles. The van der Waals surface area contributed by atoms with Gasteiger partial charge in [-0.2, -0.15) is 5.10 Å². The van der Waals surface area contributed by atoms with Gasteiger partial charge in [-0.05, 0) is 63.8 Å². The zero-order chi connectivity index (χ0) is 23.8. The van der Waals surface area contributed by atoms with Crippen LogP contribution in [-0.2, 0) is 9.59 Å². The SMILES string of the molecule is CC(C)C(NC(=O)c1ccc(Cl)c(Cl)c1)C(=O)NN=Cc1ccc(OCC(N)=O)c(Br)c1. The van der Waals surface area contributed by atoms with Crippen LogP contribution >= 0.6 is 39.1 Å². The van der Waals surface area contributed by atoms with Crippen LogP contribution in [0.4, 0.5) is 0 Å². The van der Waals surface area contributed by atoms with Crippen molar-refractivity contribution in [3.8, 4) is 5.75 Å². The number of hydrogen-bond acceptors (Lipinski definition) is 5. The molecule has 4 N–H and O–H groups in total. The van der Waals surface area contributed by atoms with Crippen LogP contribution < -0.4 is 21.2 Å². The highest BCUT2D eigenvalue weighted by atomic mass is 79.9. The monoisotopic (exact) mass is 542 g/mol. The van der Waals surface area contributed by atoms with Crippen molar-refractivity contribution in [2.24, 2.45) is 16.8 Å². The molecule has 0 fully saturated rings. The van der Waals surface area contributed by atoms with E-state index in [1.165, 1.54) is 24.4 Å². The van der Waals surface area contributed by atoms with E-state index >= 15 is 0 Å². The fourth-order valence-corrected chi connectivity index (χ4v) is 3.31. The van der Waals surface area contributed by atoms with Crippen LogP contribution in [-0.4, -0.2) is 36.6 Å². The molecule has 0 aliphatic rings. The number of halogens is 3. The topological polar surface area (TPSA) is 123 Å². The smallest absolute Gasteiger partial charge is 0.262 e. The van der Waals surface area contributed by atoms with E-state index in [1.54, 1.807) is 32.0 Å². The van der Waals surface area contributed by atoms with Crippen LogP contribution in [0.15, 0.2) is 46.0 Å². The second kappa shape index (κ2) is 11.8. The van der Waals surface area contributed by atoms with Gasteiger partial charge in [0.25, 0.3) is 17.7 Å². The molecule has 1 unspecified atom stereocenters. The van der Waals surface area contributed by atoms with Crippen LogP contribution in [0.5, 0.6) is 5.75 Å².